The topological polar surface area (TPSA) is 70.6 Å². The number of aliphatic hydroxyl groups excluding tert-OH is 1. The van der Waals surface area contributed by atoms with Gasteiger partial charge in [-0.3, -0.25) is 0 Å². The number of urea groups is 1. The first kappa shape index (κ1) is 18.1. The van der Waals surface area contributed by atoms with Crippen molar-refractivity contribution in [2.75, 3.05) is 13.7 Å². The van der Waals surface area contributed by atoms with E-state index < -0.39 is 12.1 Å². The average molecular weight is 349 g/mol. The molecule has 0 aliphatic carbocycles. The summed E-state index contributed by atoms with van der Waals surface area (Å²) in [6, 6.07) is 13.9. The third-order valence-corrected chi connectivity index (χ3v) is 3.82. The summed E-state index contributed by atoms with van der Waals surface area (Å²) in [5, 5.41) is 15.4. The molecule has 0 radical (unpaired) electrons. The molecule has 0 heterocycles. The van der Waals surface area contributed by atoms with E-state index in [0.717, 1.165) is 11.1 Å². The predicted octanol–water partition coefficient (Wildman–Crippen LogP) is 3.12. The number of amides is 2. The Morgan fingerprint density at radius 2 is 2.00 bits per heavy atom. The van der Waals surface area contributed by atoms with Crippen molar-refractivity contribution in [3.8, 4) is 5.75 Å². The minimum Gasteiger partial charge on any atom is -0.497 e. The van der Waals surface area contributed by atoms with Crippen molar-refractivity contribution in [2.45, 2.75) is 19.1 Å². The van der Waals surface area contributed by atoms with Crippen molar-refractivity contribution < 1.29 is 14.6 Å². The number of rotatable bonds is 6. The zero-order valence-electron chi connectivity index (χ0n) is 13.6. The van der Waals surface area contributed by atoms with E-state index >= 15 is 0 Å². The second-order valence-corrected chi connectivity index (χ2v) is 5.84. The molecule has 2 atom stereocenters. The molecular formula is C18H21ClN2O3. The smallest absolute Gasteiger partial charge is 0.315 e. The van der Waals surface area contributed by atoms with Crippen LogP contribution in [0.1, 0.15) is 24.1 Å². The van der Waals surface area contributed by atoms with Crippen molar-refractivity contribution >= 4 is 17.6 Å². The van der Waals surface area contributed by atoms with E-state index in [1.54, 1.807) is 20.1 Å². The molecule has 24 heavy (non-hydrogen) atoms. The Bertz CT molecular complexity index is 691. The molecule has 0 aliphatic rings. The maximum Gasteiger partial charge on any atom is 0.315 e. The van der Waals surface area contributed by atoms with Gasteiger partial charge >= 0.3 is 6.03 Å². The summed E-state index contributed by atoms with van der Waals surface area (Å²) in [7, 11) is 1.59. The fraction of sp³-hybridized carbons (Fsp3) is 0.278. The van der Waals surface area contributed by atoms with E-state index in [0.29, 0.717) is 10.8 Å². The van der Waals surface area contributed by atoms with Gasteiger partial charge in [-0.2, -0.15) is 0 Å². The van der Waals surface area contributed by atoms with Gasteiger partial charge in [0, 0.05) is 11.6 Å². The van der Waals surface area contributed by atoms with E-state index in [4.69, 9.17) is 16.3 Å². The largest absolute Gasteiger partial charge is 0.497 e. The lowest BCUT2D eigenvalue weighted by Crippen LogP contribution is -2.41. The molecule has 3 N–H and O–H groups in total. The molecule has 5 nitrogen and oxygen atoms in total. The molecule has 0 aromatic heterocycles. The van der Waals surface area contributed by atoms with E-state index in [2.05, 4.69) is 10.6 Å². The van der Waals surface area contributed by atoms with Gasteiger partial charge in [-0.25, -0.2) is 4.79 Å². The van der Waals surface area contributed by atoms with E-state index in [1.807, 2.05) is 42.5 Å². The molecule has 2 aromatic rings. The van der Waals surface area contributed by atoms with Crippen molar-refractivity contribution in [3.05, 3.63) is 64.7 Å². The molecule has 0 fully saturated rings. The Hall–Kier alpha value is -2.24. The Balaban J connectivity index is 2.31. The number of carbonyl (C=O) groups excluding carboxylic acids is 1. The van der Waals surface area contributed by atoms with Gasteiger partial charge in [0.1, 0.15) is 5.75 Å². The van der Waals surface area contributed by atoms with Gasteiger partial charge in [-0.05, 0) is 36.2 Å². The molecule has 2 aromatic carbocycles. The van der Waals surface area contributed by atoms with Crippen molar-refractivity contribution in [1.82, 2.24) is 10.6 Å². The zero-order chi connectivity index (χ0) is 17.5. The van der Waals surface area contributed by atoms with Crippen LogP contribution in [-0.4, -0.2) is 30.9 Å². The highest BCUT2D eigenvalue weighted by Gasteiger charge is 2.20. The minimum atomic E-state index is -0.619. The number of carbonyl (C=O) groups is 1. The van der Waals surface area contributed by atoms with Gasteiger partial charge in [-0.1, -0.05) is 41.9 Å². The van der Waals surface area contributed by atoms with Crippen LogP contribution in [0.25, 0.3) is 0 Å². The van der Waals surface area contributed by atoms with Gasteiger partial charge in [-0.15, -0.1) is 0 Å². The number of benzene rings is 2. The highest BCUT2D eigenvalue weighted by molar-refractivity contribution is 6.31. The Morgan fingerprint density at radius 3 is 2.67 bits per heavy atom. The summed E-state index contributed by atoms with van der Waals surface area (Å²) in [5.74, 6) is 0.691. The lowest BCUT2D eigenvalue weighted by molar-refractivity contribution is 0.187. The van der Waals surface area contributed by atoms with Crippen LogP contribution in [0.2, 0.25) is 5.02 Å². The number of hydrogen-bond acceptors (Lipinski definition) is 3. The van der Waals surface area contributed by atoms with Crippen LogP contribution in [0, 0.1) is 0 Å². The second-order valence-electron chi connectivity index (χ2n) is 5.43. The number of halogens is 1. The van der Waals surface area contributed by atoms with Crippen molar-refractivity contribution in [3.63, 3.8) is 0 Å². The van der Waals surface area contributed by atoms with Crippen LogP contribution in [0.3, 0.4) is 0 Å². The monoisotopic (exact) mass is 348 g/mol. The third-order valence-electron chi connectivity index (χ3n) is 3.48. The molecule has 2 rings (SSSR count). The van der Waals surface area contributed by atoms with Crippen molar-refractivity contribution in [1.29, 1.82) is 0 Å². The Morgan fingerprint density at radius 1 is 1.25 bits per heavy atom. The number of aliphatic hydroxyl groups is 1. The number of hydrogen-bond donors (Lipinski definition) is 3. The first-order valence-electron chi connectivity index (χ1n) is 7.62. The first-order chi connectivity index (χ1) is 11.5. The van der Waals surface area contributed by atoms with Crippen LogP contribution in [-0.2, 0) is 0 Å². The lowest BCUT2D eigenvalue weighted by Gasteiger charge is -2.22. The molecule has 6 heteroatoms. The van der Waals surface area contributed by atoms with Gasteiger partial charge < -0.3 is 20.5 Å². The summed E-state index contributed by atoms with van der Waals surface area (Å²) in [4.78, 5) is 12.2. The fourth-order valence-corrected chi connectivity index (χ4v) is 2.54. The number of ether oxygens (including phenoxy) is 1. The van der Waals surface area contributed by atoms with E-state index in [-0.39, 0.29) is 12.6 Å². The molecule has 0 bridgehead atoms. The molecule has 0 spiro atoms. The third kappa shape index (κ3) is 4.88. The van der Waals surface area contributed by atoms with Gasteiger partial charge in [0.05, 0.1) is 19.3 Å². The highest BCUT2D eigenvalue weighted by Crippen LogP contribution is 2.29. The molecular weight excluding hydrogens is 328 g/mol. The standard InChI is InChI=1S/C18H21ClN2O3/c1-12(22)11-20-18(23)21-17(15-8-3-4-9-16(15)19)13-6-5-7-14(10-13)24-2/h3-10,12,17,22H,11H2,1-2H3,(H2,20,21,23)/t12-,17-/m1/s1. The average Bonchev–Trinajstić information content (AvgIpc) is 2.58. The Kier molecular flexibility index (Phi) is 6.46. The highest BCUT2D eigenvalue weighted by atomic mass is 35.5. The maximum atomic E-state index is 12.2. The second kappa shape index (κ2) is 8.57. The summed E-state index contributed by atoms with van der Waals surface area (Å²) in [6.07, 6.45) is -0.619. The van der Waals surface area contributed by atoms with Gasteiger partial charge in [0.25, 0.3) is 0 Å². The van der Waals surface area contributed by atoms with E-state index in [1.165, 1.54) is 0 Å². The van der Waals surface area contributed by atoms with Crippen LogP contribution in [0.4, 0.5) is 4.79 Å². The number of nitrogens with one attached hydrogen (secondary N) is 2. The summed E-state index contributed by atoms with van der Waals surface area (Å²) >= 11 is 6.31. The first-order valence-corrected chi connectivity index (χ1v) is 8.00. The molecule has 0 unspecified atom stereocenters. The van der Waals surface area contributed by atoms with Crippen LogP contribution in [0.5, 0.6) is 5.75 Å². The summed E-state index contributed by atoms with van der Waals surface area (Å²) in [6.45, 7) is 1.77. The van der Waals surface area contributed by atoms with Crippen LogP contribution in [0.15, 0.2) is 48.5 Å². The predicted molar refractivity (Wildman–Crippen MR) is 94.5 cm³/mol. The van der Waals surface area contributed by atoms with Crippen LogP contribution >= 0.6 is 11.6 Å². The number of methoxy groups -OCH3 is 1. The Labute approximate surface area is 146 Å². The SMILES string of the molecule is COc1cccc([C@@H](NC(=O)NC[C@@H](C)O)c2ccccc2Cl)c1. The minimum absolute atomic E-state index is 0.166. The normalized spacial score (nSPS) is 13.0. The lowest BCUT2D eigenvalue weighted by atomic mass is 9.98. The van der Waals surface area contributed by atoms with Gasteiger partial charge in [0.2, 0.25) is 0 Å². The fourth-order valence-electron chi connectivity index (χ4n) is 2.29. The molecule has 0 aliphatic heterocycles. The van der Waals surface area contributed by atoms with E-state index in [9.17, 15) is 9.90 Å². The quantitative estimate of drug-likeness (QED) is 0.751. The van der Waals surface area contributed by atoms with Gasteiger partial charge in [0.15, 0.2) is 0 Å². The molecule has 0 saturated carbocycles. The summed E-state index contributed by atoms with van der Waals surface area (Å²) < 4.78 is 5.26. The van der Waals surface area contributed by atoms with Crippen molar-refractivity contribution in [2.24, 2.45) is 0 Å². The zero-order valence-corrected chi connectivity index (χ0v) is 14.4. The van der Waals surface area contributed by atoms with Crippen LogP contribution < -0.4 is 15.4 Å². The molecule has 0 saturated heterocycles. The maximum absolute atomic E-state index is 12.2. The summed E-state index contributed by atoms with van der Waals surface area (Å²) in [5.41, 5.74) is 1.62. The molecule has 128 valence electrons. The molecule has 2 amide bonds.